The molecule has 0 aliphatic carbocycles. The Morgan fingerprint density at radius 1 is 1.19 bits per heavy atom. The number of anilines is 2. The van der Waals surface area contributed by atoms with Crippen molar-refractivity contribution in [1.29, 1.82) is 0 Å². The molecule has 8 heteroatoms. The normalized spacial score (nSPS) is 14.9. The summed E-state index contributed by atoms with van der Waals surface area (Å²) in [4.78, 5) is 9.04. The molecule has 0 atom stereocenters. The van der Waals surface area contributed by atoms with Gasteiger partial charge in [0.25, 0.3) is 0 Å². The van der Waals surface area contributed by atoms with Gasteiger partial charge in [-0.1, -0.05) is 6.92 Å². The number of oxazole rings is 1. The predicted octanol–water partition coefficient (Wildman–Crippen LogP) is 4.08. The Labute approximate surface area is 180 Å². The van der Waals surface area contributed by atoms with Gasteiger partial charge in [0.05, 0.1) is 17.8 Å². The molecule has 8 nitrogen and oxygen atoms in total. The third-order valence-corrected chi connectivity index (χ3v) is 5.73. The smallest absolute Gasteiger partial charge is 0.231 e. The highest BCUT2D eigenvalue weighted by atomic mass is 16.3. The van der Waals surface area contributed by atoms with E-state index in [0.29, 0.717) is 23.3 Å². The fourth-order valence-electron chi connectivity index (χ4n) is 3.98. The highest BCUT2D eigenvalue weighted by molar-refractivity contribution is 5.82. The molecule has 1 saturated heterocycles. The summed E-state index contributed by atoms with van der Waals surface area (Å²) in [7, 11) is 0. The molecule has 4 aromatic rings. The fourth-order valence-corrected chi connectivity index (χ4v) is 3.98. The third-order valence-electron chi connectivity index (χ3n) is 5.73. The van der Waals surface area contributed by atoms with Gasteiger partial charge in [-0.05, 0) is 50.6 Å². The Kier molecular flexibility index (Phi) is 5.30. The number of nitrogens with two attached hydrogens (primary N) is 1. The lowest BCUT2D eigenvalue weighted by Crippen LogP contribution is -2.29. The Morgan fingerprint density at radius 3 is 2.90 bits per heavy atom. The second-order valence-electron chi connectivity index (χ2n) is 7.98. The quantitative estimate of drug-likeness (QED) is 0.434. The largest absolute Gasteiger partial charge is 0.436 e. The van der Waals surface area contributed by atoms with Gasteiger partial charge in [0.15, 0.2) is 5.58 Å². The summed E-state index contributed by atoms with van der Waals surface area (Å²) in [5.74, 6) is 0.866. The summed E-state index contributed by atoms with van der Waals surface area (Å²) in [6.07, 6.45) is 8.98. The molecular formula is C23H27N7O. The van der Waals surface area contributed by atoms with E-state index < -0.39 is 0 Å². The van der Waals surface area contributed by atoms with Crippen molar-refractivity contribution in [2.75, 3.05) is 30.7 Å². The molecule has 4 heterocycles. The van der Waals surface area contributed by atoms with Gasteiger partial charge < -0.3 is 20.8 Å². The SMILES string of the molecule is CCCNc1ccc2nc(-c3cc(-c4cnn(C5CCNCC5)c4)cnc3N)oc2c1. The molecule has 1 aliphatic heterocycles. The van der Waals surface area contributed by atoms with Crippen molar-refractivity contribution in [3.8, 4) is 22.6 Å². The number of aromatic nitrogens is 4. The highest BCUT2D eigenvalue weighted by Gasteiger charge is 2.18. The monoisotopic (exact) mass is 417 g/mol. The molecule has 3 aromatic heterocycles. The molecule has 160 valence electrons. The van der Waals surface area contributed by atoms with Gasteiger partial charge in [-0.3, -0.25) is 4.68 Å². The molecule has 5 rings (SSSR count). The first-order valence-electron chi connectivity index (χ1n) is 10.9. The Morgan fingerprint density at radius 2 is 2.06 bits per heavy atom. The summed E-state index contributed by atoms with van der Waals surface area (Å²) in [6.45, 7) is 5.11. The zero-order chi connectivity index (χ0) is 21.2. The zero-order valence-electron chi connectivity index (χ0n) is 17.6. The van der Waals surface area contributed by atoms with Crippen LogP contribution in [0, 0.1) is 0 Å². The van der Waals surface area contributed by atoms with Crippen molar-refractivity contribution in [2.24, 2.45) is 0 Å². The van der Waals surface area contributed by atoms with E-state index in [4.69, 9.17) is 10.2 Å². The Hall–Kier alpha value is -3.39. The first kappa shape index (κ1) is 19.6. The minimum absolute atomic E-state index is 0.394. The van der Waals surface area contributed by atoms with E-state index in [0.717, 1.165) is 66.8 Å². The number of nitrogen functional groups attached to an aromatic ring is 1. The van der Waals surface area contributed by atoms with Crippen molar-refractivity contribution in [2.45, 2.75) is 32.2 Å². The average molecular weight is 418 g/mol. The van der Waals surface area contributed by atoms with Crippen LogP contribution < -0.4 is 16.4 Å². The molecule has 4 N–H and O–H groups in total. The van der Waals surface area contributed by atoms with Crippen LogP contribution in [0.4, 0.5) is 11.5 Å². The minimum atomic E-state index is 0.394. The maximum Gasteiger partial charge on any atom is 0.231 e. The molecule has 1 aromatic carbocycles. The lowest BCUT2D eigenvalue weighted by molar-refractivity contribution is 0.343. The summed E-state index contributed by atoms with van der Waals surface area (Å²) in [6, 6.07) is 8.35. The summed E-state index contributed by atoms with van der Waals surface area (Å²) in [5, 5.41) is 11.4. The van der Waals surface area contributed by atoms with Crippen molar-refractivity contribution < 1.29 is 4.42 Å². The number of hydrogen-bond donors (Lipinski definition) is 3. The van der Waals surface area contributed by atoms with E-state index in [2.05, 4.69) is 43.5 Å². The number of piperidine rings is 1. The van der Waals surface area contributed by atoms with E-state index >= 15 is 0 Å². The molecule has 0 saturated carbocycles. The van der Waals surface area contributed by atoms with Crippen LogP contribution in [0.5, 0.6) is 0 Å². The molecule has 0 spiro atoms. The van der Waals surface area contributed by atoms with Crippen molar-refractivity contribution in [3.63, 3.8) is 0 Å². The van der Waals surface area contributed by atoms with Crippen LogP contribution >= 0.6 is 0 Å². The van der Waals surface area contributed by atoms with Crippen LogP contribution in [-0.2, 0) is 0 Å². The van der Waals surface area contributed by atoms with Gasteiger partial charge in [-0.2, -0.15) is 5.10 Å². The lowest BCUT2D eigenvalue weighted by atomic mass is 10.1. The van der Waals surface area contributed by atoms with E-state index in [1.807, 2.05) is 30.5 Å². The number of nitrogens with one attached hydrogen (secondary N) is 2. The molecule has 0 bridgehead atoms. The van der Waals surface area contributed by atoms with Crippen LogP contribution in [0.25, 0.3) is 33.7 Å². The average Bonchev–Trinajstić information content (AvgIpc) is 3.46. The predicted molar refractivity (Wildman–Crippen MR) is 123 cm³/mol. The van der Waals surface area contributed by atoms with E-state index in [9.17, 15) is 0 Å². The molecule has 1 aliphatic rings. The summed E-state index contributed by atoms with van der Waals surface area (Å²) >= 11 is 0. The summed E-state index contributed by atoms with van der Waals surface area (Å²) < 4.78 is 8.11. The number of rotatable bonds is 6. The summed E-state index contributed by atoms with van der Waals surface area (Å²) in [5.41, 5.74) is 11.4. The third kappa shape index (κ3) is 3.98. The second kappa shape index (κ2) is 8.39. The van der Waals surface area contributed by atoms with Gasteiger partial charge in [-0.15, -0.1) is 0 Å². The molecular weight excluding hydrogens is 390 g/mol. The van der Waals surface area contributed by atoms with Gasteiger partial charge in [0, 0.05) is 41.8 Å². The lowest BCUT2D eigenvalue weighted by Gasteiger charge is -2.22. The standard InChI is InChI=1S/C23H27N7O/c1-2-7-26-17-3-4-20-21(11-17)31-23(29-20)19-10-15(12-27-22(19)24)16-13-28-30(14-16)18-5-8-25-9-6-18/h3-4,10-14,18,25-26H,2,5-9H2,1H3,(H2,24,27). The van der Waals surface area contributed by atoms with E-state index in [1.165, 1.54) is 0 Å². The minimum Gasteiger partial charge on any atom is -0.436 e. The number of hydrogen-bond acceptors (Lipinski definition) is 7. The van der Waals surface area contributed by atoms with Crippen LogP contribution in [0.3, 0.4) is 0 Å². The molecule has 31 heavy (non-hydrogen) atoms. The highest BCUT2D eigenvalue weighted by Crippen LogP contribution is 2.32. The molecule has 0 radical (unpaired) electrons. The fraction of sp³-hybridized carbons (Fsp3) is 0.348. The Balaban J connectivity index is 1.45. The second-order valence-corrected chi connectivity index (χ2v) is 7.98. The van der Waals surface area contributed by atoms with E-state index in [-0.39, 0.29) is 0 Å². The molecule has 1 fully saturated rings. The van der Waals surface area contributed by atoms with Crippen LogP contribution in [0.2, 0.25) is 0 Å². The maximum absolute atomic E-state index is 6.19. The van der Waals surface area contributed by atoms with Crippen LogP contribution in [0.15, 0.2) is 47.3 Å². The number of benzene rings is 1. The Bertz CT molecular complexity index is 1190. The van der Waals surface area contributed by atoms with Crippen LogP contribution in [-0.4, -0.2) is 39.4 Å². The van der Waals surface area contributed by atoms with Gasteiger partial charge in [0.1, 0.15) is 11.3 Å². The van der Waals surface area contributed by atoms with Crippen LogP contribution in [0.1, 0.15) is 32.2 Å². The number of pyridine rings is 1. The topological polar surface area (TPSA) is 107 Å². The van der Waals surface area contributed by atoms with Crippen molar-refractivity contribution in [3.05, 3.63) is 42.9 Å². The molecule has 0 amide bonds. The van der Waals surface area contributed by atoms with E-state index in [1.54, 1.807) is 6.20 Å². The number of fused-ring (bicyclic) bond motifs is 1. The maximum atomic E-state index is 6.19. The van der Waals surface area contributed by atoms with Crippen molar-refractivity contribution in [1.82, 2.24) is 25.1 Å². The number of nitrogens with zero attached hydrogens (tertiary/aromatic N) is 4. The zero-order valence-corrected chi connectivity index (χ0v) is 17.6. The molecule has 0 unspecified atom stereocenters. The van der Waals surface area contributed by atoms with Gasteiger partial charge in [-0.25, -0.2) is 9.97 Å². The van der Waals surface area contributed by atoms with Gasteiger partial charge in [0.2, 0.25) is 5.89 Å². The van der Waals surface area contributed by atoms with Gasteiger partial charge >= 0.3 is 0 Å². The first-order chi connectivity index (χ1) is 15.2. The van der Waals surface area contributed by atoms with Crippen molar-refractivity contribution >= 4 is 22.6 Å². The first-order valence-corrected chi connectivity index (χ1v) is 10.9.